The van der Waals surface area contributed by atoms with E-state index in [-0.39, 0.29) is 24.9 Å². The number of rotatable bonds is 5. The summed E-state index contributed by atoms with van der Waals surface area (Å²) in [5, 5.41) is 8.77. The van der Waals surface area contributed by atoms with Crippen molar-refractivity contribution in [1.29, 1.82) is 0 Å². The van der Waals surface area contributed by atoms with Gasteiger partial charge >= 0.3 is 5.97 Å². The summed E-state index contributed by atoms with van der Waals surface area (Å²) in [4.78, 5) is 24.5. The number of carboxylic acid groups (broad SMARTS) is 1. The molecule has 1 aromatic carbocycles. The first kappa shape index (κ1) is 15.8. The van der Waals surface area contributed by atoms with Crippen LogP contribution in [0.25, 0.3) is 0 Å². The number of hydrogen-bond acceptors (Lipinski definition) is 3. The first-order valence-corrected chi connectivity index (χ1v) is 7.72. The van der Waals surface area contributed by atoms with E-state index in [1.165, 1.54) is 0 Å². The van der Waals surface area contributed by atoms with Crippen molar-refractivity contribution in [2.45, 2.75) is 19.3 Å². The fourth-order valence-electron chi connectivity index (χ4n) is 2.40. The minimum Gasteiger partial charge on any atom is -0.484 e. The minimum absolute atomic E-state index is 0.0191. The fraction of sp³-hybridized carbons (Fsp3) is 0.467. The van der Waals surface area contributed by atoms with E-state index in [1.807, 2.05) is 12.1 Å². The summed E-state index contributed by atoms with van der Waals surface area (Å²) < 4.78 is 6.42. The van der Waals surface area contributed by atoms with Crippen molar-refractivity contribution < 1.29 is 19.4 Å². The van der Waals surface area contributed by atoms with Gasteiger partial charge in [-0.3, -0.25) is 9.59 Å². The van der Waals surface area contributed by atoms with Gasteiger partial charge < -0.3 is 14.7 Å². The number of halogens is 1. The van der Waals surface area contributed by atoms with E-state index in [4.69, 9.17) is 9.84 Å². The number of piperidine rings is 1. The average Bonchev–Trinajstić information content (AvgIpc) is 2.46. The highest BCUT2D eigenvalue weighted by Crippen LogP contribution is 2.21. The molecule has 0 saturated carbocycles. The Hall–Kier alpha value is -1.56. The normalized spacial score (nSPS) is 15.8. The van der Waals surface area contributed by atoms with Crippen LogP contribution >= 0.6 is 15.9 Å². The average molecular weight is 356 g/mol. The second-order valence-corrected chi connectivity index (χ2v) is 6.08. The maximum Gasteiger partial charge on any atom is 0.303 e. The topological polar surface area (TPSA) is 66.8 Å². The predicted octanol–water partition coefficient (Wildman–Crippen LogP) is 2.54. The van der Waals surface area contributed by atoms with Gasteiger partial charge in [0, 0.05) is 24.0 Å². The van der Waals surface area contributed by atoms with Gasteiger partial charge in [-0.25, -0.2) is 0 Å². The lowest BCUT2D eigenvalue weighted by Crippen LogP contribution is -2.41. The van der Waals surface area contributed by atoms with Gasteiger partial charge in [0.15, 0.2) is 6.61 Å². The highest BCUT2D eigenvalue weighted by atomic mass is 79.9. The molecular formula is C15H18BrNO4. The van der Waals surface area contributed by atoms with Crippen molar-refractivity contribution in [2.75, 3.05) is 19.7 Å². The van der Waals surface area contributed by atoms with Gasteiger partial charge in [-0.1, -0.05) is 15.9 Å². The summed E-state index contributed by atoms with van der Waals surface area (Å²) in [5.74, 6) is 0.0243. The molecule has 0 radical (unpaired) electrons. The molecule has 6 heteroatoms. The van der Waals surface area contributed by atoms with E-state index >= 15 is 0 Å². The first-order valence-electron chi connectivity index (χ1n) is 6.92. The molecule has 1 aromatic rings. The molecule has 0 aliphatic carbocycles. The van der Waals surface area contributed by atoms with Crippen molar-refractivity contribution >= 4 is 27.8 Å². The van der Waals surface area contributed by atoms with Crippen LogP contribution in [-0.2, 0) is 9.59 Å². The van der Waals surface area contributed by atoms with Crippen LogP contribution in [-0.4, -0.2) is 41.6 Å². The molecule has 1 saturated heterocycles. The first-order chi connectivity index (χ1) is 10.0. The predicted molar refractivity (Wildman–Crippen MR) is 81.2 cm³/mol. The van der Waals surface area contributed by atoms with Crippen molar-refractivity contribution in [3.8, 4) is 5.75 Å². The quantitative estimate of drug-likeness (QED) is 0.881. The Bertz CT molecular complexity index is 495. The van der Waals surface area contributed by atoms with Crippen LogP contribution in [0.15, 0.2) is 28.7 Å². The number of carbonyl (C=O) groups excluding carboxylic acids is 1. The molecular weight excluding hydrogens is 338 g/mol. The summed E-state index contributed by atoms with van der Waals surface area (Å²) in [6, 6.07) is 7.32. The third-order valence-corrected chi connectivity index (χ3v) is 4.14. The van der Waals surface area contributed by atoms with E-state index in [0.717, 1.165) is 17.3 Å². The van der Waals surface area contributed by atoms with Crippen LogP contribution in [0.2, 0.25) is 0 Å². The Morgan fingerprint density at radius 2 is 1.86 bits per heavy atom. The molecule has 0 spiro atoms. The van der Waals surface area contributed by atoms with Crippen molar-refractivity contribution in [3.63, 3.8) is 0 Å². The Labute approximate surface area is 132 Å². The van der Waals surface area contributed by atoms with Crippen LogP contribution in [0.4, 0.5) is 0 Å². The molecule has 0 aromatic heterocycles. The molecule has 0 bridgehead atoms. The van der Waals surface area contributed by atoms with Gasteiger partial charge in [0.25, 0.3) is 5.91 Å². The molecule has 1 heterocycles. The highest BCUT2D eigenvalue weighted by molar-refractivity contribution is 9.10. The molecule has 1 fully saturated rings. The Balaban J connectivity index is 1.74. The Morgan fingerprint density at radius 3 is 2.43 bits per heavy atom. The van der Waals surface area contributed by atoms with Crippen LogP contribution in [0.5, 0.6) is 5.75 Å². The van der Waals surface area contributed by atoms with Gasteiger partial charge in [-0.2, -0.15) is 0 Å². The standard InChI is InChI=1S/C15H18BrNO4/c16-12-1-3-13(4-2-12)21-10-14(18)17-7-5-11(6-8-17)9-15(19)20/h1-4,11H,5-10H2,(H,19,20). The lowest BCUT2D eigenvalue weighted by Gasteiger charge is -2.31. The second kappa shape index (κ2) is 7.45. The zero-order valence-electron chi connectivity index (χ0n) is 11.6. The summed E-state index contributed by atoms with van der Waals surface area (Å²) in [5.41, 5.74) is 0. The highest BCUT2D eigenvalue weighted by Gasteiger charge is 2.24. The monoisotopic (exact) mass is 355 g/mol. The number of hydrogen-bond donors (Lipinski definition) is 1. The molecule has 1 amide bonds. The van der Waals surface area contributed by atoms with Crippen LogP contribution in [0, 0.1) is 5.92 Å². The summed E-state index contributed by atoms with van der Waals surface area (Å²) in [6.45, 7) is 1.24. The Morgan fingerprint density at radius 1 is 1.24 bits per heavy atom. The zero-order chi connectivity index (χ0) is 15.2. The molecule has 0 unspecified atom stereocenters. The minimum atomic E-state index is -0.765. The number of ether oxygens (including phenoxy) is 1. The Kier molecular flexibility index (Phi) is 5.61. The molecule has 0 atom stereocenters. The number of benzene rings is 1. The van der Waals surface area contributed by atoms with Crippen molar-refractivity contribution in [3.05, 3.63) is 28.7 Å². The SMILES string of the molecule is O=C(O)CC1CCN(C(=O)COc2ccc(Br)cc2)CC1. The van der Waals surface area contributed by atoms with Crippen LogP contribution in [0.1, 0.15) is 19.3 Å². The fourth-order valence-corrected chi connectivity index (χ4v) is 2.66. The van der Waals surface area contributed by atoms with Gasteiger partial charge in [0.1, 0.15) is 5.75 Å². The van der Waals surface area contributed by atoms with Crippen molar-refractivity contribution in [2.24, 2.45) is 5.92 Å². The summed E-state index contributed by atoms with van der Waals surface area (Å²) >= 11 is 3.34. The van der Waals surface area contributed by atoms with Crippen molar-refractivity contribution in [1.82, 2.24) is 4.90 Å². The smallest absolute Gasteiger partial charge is 0.303 e. The molecule has 1 N–H and O–H groups in total. The molecule has 21 heavy (non-hydrogen) atoms. The molecule has 1 aliphatic rings. The number of aliphatic carboxylic acids is 1. The largest absolute Gasteiger partial charge is 0.484 e. The van der Waals surface area contributed by atoms with Crippen LogP contribution in [0.3, 0.4) is 0 Å². The van der Waals surface area contributed by atoms with E-state index < -0.39 is 5.97 Å². The van der Waals surface area contributed by atoms with Gasteiger partial charge in [0.05, 0.1) is 0 Å². The number of carbonyl (C=O) groups is 2. The van der Waals surface area contributed by atoms with E-state index in [9.17, 15) is 9.59 Å². The van der Waals surface area contributed by atoms with E-state index in [0.29, 0.717) is 18.8 Å². The molecule has 114 valence electrons. The van der Waals surface area contributed by atoms with Gasteiger partial charge in [-0.15, -0.1) is 0 Å². The zero-order valence-corrected chi connectivity index (χ0v) is 13.2. The lowest BCUT2D eigenvalue weighted by atomic mass is 9.94. The van der Waals surface area contributed by atoms with Gasteiger partial charge in [-0.05, 0) is 43.0 Å². The summed E-state index contributed by atoms with van der Waals surface area (Å²) in [7, 11) is 0. The number of amides is 1. The lowest BCUT2D eigenvalue weighted by molar-refractivity contribution is -0.139. The molecule has 2 rings (SSSR count). The second-order valence-electron chi connectivity index (χ2n) is 5.16. The maximum atomic E-state index is 12.0. The molecule has 5 nitrogen and oxygen atoms in total. The number of likely N-dealkylation sites (tertiary alicyclic amines) is 1. The van der Waals surface area contributed by atoms with Crippen LogP contribution < -0.4 is 4.74 Å². The van der Waals surface area contributed by atoms with Gasteiger partial charge in [0.2, 0.25) is 0 Å². The third kappa shape index (κ3) is 5.04. The number of nitrogens with zero attached hydrogens (tertiary/aromatic N) is 1. The summed E-state index contributed by atoms with van der Waals surface area (Å²) in [6.07, 6.45) is 1.68. The third-order valence-electron chi connectivity index (χ3n) is 3.61. The maximum absolute atomic E-state index is 12.0. The molecule has 1 aliphatic heterocycles. The van der Waals surface area contributed by atoms with E-state index in [1.54, 1.807) is 17.0 Å². The number of carboxylic acids is 1. The van der Waals surface area contributed by atoms with E-state index in [2.05, 4.69) is 15.9 Å².